The molecule has 1 amide bonds. The van der Waals surface area contributed by atoms with Crippen LogP contribution in [0, 0.1) is 17.0 Å². The Labute approximate surface area is 102 Å². The minimum atomic E-state index is -0.534. The van der Waals surface area contributed by atoms with Crippen LogP contribution >= 0.6 is 0 Å². The summed E-state index contributed by atoms with van der Waals surface area (Å²) in [5.41, 5.74) is 1.33. The Bertz CT molecular complexity index is 592. The Balaban J connectivity index is 2.29. The average molecular weight is 246 g/mol. The van der Waals surface area contributed by atoms with Crippen molar-refractivity contribution >= 4 is 17.3 Å². The molecule has 1 heterocycles. The Morgan fingerprint density at radius 2 is 2.28 bits per heavy atom. The lowest BCUT2D eigenvalue weighted by molar-refractivity contribution is -0.384. The van der Waals surface area contributed by atoms with Crippen LogP contribution in [0.2, 0.25) is 0 Å². The maximum atomic E-state index is 11.9. The number of H-pyrrole nitrogens is 1. The first-order chi connectivity index (χ1) is 8.58. The first-order valence-electron chi connectivity index (χ1n) is 5.13. The fourth-order valence-corrected chi connectivity index (χ4v) is 1.49. The van der Waals surface area contributed by atoms with Crippen LogP contribution in [0.4, 0.5) is 11.4 Å². The zero-order chi connectivity index (χ0) is 13.1. The highest BCUT2D eigenvalue weighted by Gasteiger charge is 2.14. The van der Waals surface area contributed by atoms with Crippen molar-refractivity contribution in [1.82, 2.24) is 10.2 Å². The highest BCUT2D eigenvalue weighted by atomic mass is 16.6. The molecule has 0 bridgehead atoms. The molecule has 18 heavy (non-hydrogen) atoms. The zero-order valence-corrected chi connectivity index (χ0v) is 9.51. The number of nitrogens with zero attached hydrogens (tertiary/aromatic N) is 2. The number of benzene rings is 1. The van der Waals surface area contributed by atoms with Gasteiger partial charge in [-0.2, -0.15) is 5.10 Å². The van der Waals surface area contributed by atoms with E-state index in [1.807, 2.05) is 0 Å². The Morgan fingerprint density at radius 3 is 2.89 bits per heavy atom. The van der Waals surface area contributed by atoms with Crippen LogP contribution < -0.4 is 5.32 Å². The number of nitro groups is 1. The number of non-ortho nitro benzene ring substituents is 1. The quantitative estimate of drug-likeness (QED) is 0.637. The summed E-state index contributed by atoms with van der Waals surface area (Å²) < 4.78 is 0. The Kier molecular flexibility index (Phi) is 3.05. The topological polar surface area (TPSA) is 101 Å². The molecule has 1 aromatic heterocycles. The molecular formula is C11H10N4O3. The maximum Gasteiger partial charge on any atom is 0.270 e. The molecule has 2 rings (SSSR count). The summed E-state index contributed by atoms with van der Waals surface area (Å²) in [5, 5.41) is 19.5. The lowest BCUT2D eigenvalue weighted by Gasteiger charge is -2.05. The second-order valence-electron chi connectivity index (χ2n) is 3.70. The number of carbonyl (C=O) groups excluding carboxylic acids is 1. The van der Waals surface area contributed by atoms with Crippen LogP contribution in [0.5, 0.6) is 0 Å². The van der Waals surface area contributed by atoms with E-state index in [0.717, 1.165) is 0 Å². The monoisotopic (exact) mass is 246 g/mol. The molecule has 7 heteroatoms. The van der Waals surface area contributed by atoms with E-state index in [1.54, 1.807) is 13.0 Å². The molecule has 7 nitrogen and oxygen atoms in total. The van der Waals surface area contributed by atoms with Gasteiger partial charge in [-0.25, -0.2) is 0 Å². The number of amides is 1. The molecule has 0 aliphatic rings. The van der Waals surface area contributed by atoms with Gasteiger partial charge in [0, 0.05) is 23.9 Å². The number of rotatable bonds is 3. The van der Waals surface area contributed by atoms with Crippen molar-refractivity contribution in [2.45, 2.75) is 6.92 Å². The van der Waals surface area contributed by atoms with E-state index in [1.165, 1.54) is 24.5 Å². The van der Waals surface area contributed by atoms with Crippen LogP contribution in [-0.4, -0.2) is 21.0 Å². The second kappa shape index (κ2) is 4.66. The number of aromatic nitrogens is 2. The number of nitro benzene ring substituents is 1. The van der Waals surface area contributed by atoms with Gasteiger partial charge in [0.1, 0.15) is 0 Å². The molecule has 0 atom stereocenters. The number of aryl methyl sites for hydroxylation is 1. The van der Waals surface area contributed by atoms with Crippen molar-refractivity contribution < 1.29 is 9.72 Å². The predicted molar refractivity (Wildman–Crippen MR) is 64.4 cm³/mol. The average Bonchev–Trinajstić information content (AvgIpc) is 2.81. The van der Waals surface area contributed by atoms with Gasteiger partial charge in [0.25, 0.3) is 11.6 Å². The summed E-state index contributed by atoms with van der Waals surface area (Å²) in [6.07, 6.45) is 2.97. The summed E-state index contributed by atoms with van der Waals surface area (Å²) in [6, 6.07) is 4.16. The number of nitrogens with one attached hydrogen (secondary N) is 2. The zero-order valence-electron chi connectivity index (χ0n) is 9.51. The standard InChI is InChI=1S/C11H10N4O3/c1-7-2-3-9(15(17)18)4-10(7)11(16)14-8-5-12-13-6-8/h2-6H,1H3,(H,12,13)(H,14,16). The number of hydrogen-bond acceptors (Lipinski definition) is 4. The van der Waals surface area contributed by atoms with Gasteiger partial charge in [-0.1, -0.05) is 6.07 Å². The third-order valence-electron chi connectivity index (χ3n) is 2.43. The molecule has 0 aliphatic carbocycles. The molecule has 0 saturated heterocycles. The van der Waals surface area contributed by atoms with Crippen LogP contribution in [0.1, 0.15) is 15.9 Å². The fraction of sp³-hybridized carbons (Fsp3) is 0.0909. The SMILES string of the molecule is Cc1ccc([N+](=O)[O-])cc1C(=O)Nc1cn[nH]c1. The van der Waals surface area contributed by atoms with Crippen molar-refractivity contribution in [1.29, 1.82) is 0 Å². The first kappa shape index (κ1) is 11.8. The lowest BCUT2D eigenvalue weighted by Crippen LogP contribution is -2.13. The van der Waals surface area contributed by atoms with Crippen molar-refractivity contribution in [2.75, 3.05) is 5.32 Å². The highest BCUT2D eigenvalue weighted by Crippen LogP contribution is 2.18. The molecule has 2 aromatic rings. The molecule has 0 aliphatic heterocycles. The van der Waals surface area contributed by atoms with Crippen LogP contribution in [-0.2, 0) is 0 Å². The normalized spacial score (nSPS) is 10.1. The summed E-state index contributed by atoms with van der Waals surface area (Å²) in [5.74, 6) is -0.405. The molecular weight excluding hydrogens is 236 g/mol. The largest absolute Gasteiger partial charge is 0.319 e. The van der Waals surface area contributed by atoms with Gasteiger partial charge < -0.3 is 5.32 Å². The van der Waals surface area contributed by atoms with Gasteiger partial charge in [-0.3, -0.25) is 20.0 Å². The Morgan fingerprint density at radius 1 is 1.50 bits per heavy atom. The van der Waals surface area contributed by atoms with E-state index in [-0.39, 0.29) is 11.3 Å². The first-order valence-corrected chi connectivity index (χ1v) is 5.13. The minimum Gasteiger partial charge on any atom is -0.319 e. The smallest absolute Gasteiger partial charge is 0.270 e. The fourth-order valence-electron chi connectivity index (χ4n) is 1.49. The predicted octanol–water partition coefficient (Wildman–Crippen LogP) is 1.88. The van der Waals surface area contributed by atoms with Gasteiger partial charge in [0.15, 0.2) is 0 Å². The number of hydrogen-bond donors (Lipinski definition) is 2. The van der Waals surface area contributed by atoms with Gasteiger partial charge in [0.05, 0.1) is 16.8 Å². The summed E-state index contributed by atoms with van der Waals surface area (Å²) >= 11 is 0. The van der Waals surface area contributed by atoms with E-state index in [9.17, 15) is 14.9 Å². The molecule has 1 aromatic carbocycles. The third-order valence-corrected chi connectivity index (χ3v) is 2.43. The summed E-state index contributed by atoms with van der Waals surface area (Å²) in [6.45, 7) is 1.72. The number of carbonyl (C=O) groups is 1. The lowest BCUT2D eigenvalue weighted by atomic mass is 10.1. The number of anilines is 1. The van der Waals surface area contributed by atoms with Crippen LogP contribution in [0.25, 0.3) is 0 Å². The van der Waals surface area contributed by atoms with Gasteiger partial charge in [-0.15, -0.1) is 0 Å². The second-order valence-corrected chi connectivity index (χ2v) is 3.70. The van der Waals surface area contributed by atoms with Crippen molar-refractivity contribution in [3.8, 4) is 0 Å². The summed E-state index contributed by atoms with van der Waals surface area (Å²) in [7, 11) is 0. The molecule has 0 saturated carbocycles. The maximum absolute atomic E-state index is 11.9. The van der Waals surface area contributed by atoms with Crippen molar-refractivity contribution in [2.24, 2.45) is 0 Å². The van der Waals surface area contributed by atoms with E-state index in [4.69, 9.17) is 0 Å². The Hall–Kier alpha value is -2.70. The van der Waals surface area contributed by atoms with Gasteiger partial charge in [-0.05, 0) is 12.5 Å². The van der Waals surface area contributed by atoms with E-state index in [2.05, 4.69) is 15.5 Å². The summed E-state index contributed by atoms with van der Waals surface area (Å²) in [4.78, 5) is 22.1. The van der Waals surface area contributed by atoms with Crippen LogP contribution in [0.15, 0.2) is 30.6 Å². The molecule has 0 fully saturated rings. The molecule has 92 valence electrons. The molecule has 0 radical (unpaired) electrons. The minimum absolute atomic E-state index is 0.113. The molecule has 0 spiro atoms. The van der Waals surface area contributed by atoms with E-state index < -0.39 is 10.8 Å². The van der Waals surface area contributed by atoms with Crippen molar-refractivity contribution in [3.05, 3.63) is 51.8 Å². The molecule has 0 unspecified atom stereocenters. The van der Waals surface area contributed by atoms with Crippen molar-refractivity contribution in [3.63, 3.8) is 0 Å². The third kappa shape index (κ3) is 2.34. The van der Waals surface area contributed by atoms with Gasteiger partial charge >= 0.3 is 0 Å². The highest BCUT2D eigenvalue weighted by molar-refractivity contribution is 6.05. The van der Waals surface area contributed by atoms with E-state index >= 15 is 0 Å². The van der Waals surface area contributed by atoms with Gasteiger partial charge in [0.2, 0.25) is 0 Å². The number of aromatic amines is 1. The van der Waals surface area contributed by atoms with Crippen LogP contribution in [0.3, 0.4) is 0 Å². The van der Waals surface area contributed by atoms with E-state index in [0.29, 0.717) is 11.3 Å². The molecule has 2 N–H and O–H groups in total.